The molecule has 1 nitrogen and oxygen atoms in total. The van der Waals surface area contributed by atoms with E-state index in [1.807, 2.05) is 6.07 Å². The van der Waals surface area contributed by atoms with Gasteiger partial charge in [-0.25, -0.2) is 0 Å². The van der Waals surface area contributed by atoms with Crippen molar-refractivity contribution < 1.29 is 4.52 Å². The average Bonchev–Trinajstić information content (AvgIpc) is 2.15. The molecule has 0 amide bonds. The Morgan fingerprint density at radius 1 is 1.33 bits per heavy atom. The Morgan fingerprint density at radius 2 is 2.00 bits per heavy atom. The number of hydrogen-bond acceptors (Lipinski definition) is 1. The molecule has 1 aromatic carbocycles. The molecule has 0 saturated carbocycles. The van der Waals surface area contributed by atoms with Gasteiger partial charge in [-0.1, -0.05) is 37.3 Å². The van der Waals surface area contributed by atoms with Crippen LogP contribution in [0.15, 0.2) is 30.3 Å². The third-order valence-electron chi connectivity index (χ3n) is 2.06. The predicted molar refractivity (Wildman–Crippen MR) is 55.1 cm³/mol. The van der Waals surface area contributed by atoms with Crippen LogP contribution in [0, 0.1) is 0 Å². The van der Waals surface area contributed by atoms with Crippen LogP contribution in [-0.4, -0.2) is 6.61 Å². The van der Waals surface area contributed by atoms with Gasteiger partial charge in [0.15, 0.2) is 0 Å². The third-order valence-corrected chi connectivity index (χ3v) is 2.25. The highest BCUT2D eigenvalue weighted by molar-refractivity contribution is 7.09. The van der Waals surface area contributed by atoms with Gasteiger partial charge in [0.2, 0.25) is 0 Å². The normalized spacial score (nSPS) is 12.8. The summed E-state index contributed by atoms with van der Waals surface area (Å²) in [6.07, 6.45) is 1.12. The van der Waals surface area contributed by atoms with E-state index in [2.05, 4.69) is 40.7 Å². The van der Waals surface area contributed by atoms with E-state index in [9.17, 15) is 0 Å². The van der Waals surface area contributed by atoms with Crippen molar-refractivity contribution in [1.29, 1.82) is 0 Å². The van der Waals surface area contributed by atoms with E-state index in [4.69, 9.17) is 4.52 Å². The Hall–Kier alpha value is -0.390. The highest BCUT2D eigenvalue weighted by Crippen LogP contribution is 2.19. The van der Waals surface area contributed by atoms with Gasteiger partial charge in [0.05, 0.1) is 6.61 Å². The van der Waals surface area contributed by atoms with Gasteiger partial charge in [0, 0.05) is 15.4 Å². The Bertz CT molecular complexity index is 210. The maximum Gasteiger partial charge on any atom is 0.0570 e. The molecule has 0 bridgehead atoms. The maximum absolute atomic E-state index is 5.07. The summed E-state index contributed by atoms with van der Waals surface area (Å²) in [5.41, 5.74) is 1.36. The molecule has 66 valence electrons. The summed E-state index contributed by atoms with van der Waals surface area (Å²) < 4.78 is 5.07. The minimum absolute atomic E-state index is 0.531. The highest BCUT2D eigenvalue weighted by Gasteiger charge is 2.06. The minimum atomic E-state index is 0.531. The van der Waals surface area contributed by atoms with Crippen molar-refractivity contribution in [2.45, 2.75) is 19.3 Å². The summed E-state index contributed by atoms with van der Waals surface area (Å²) in [5, 5.41) is 0. The molecule has 0 fully saturated rings. The number of rotatable bonds is 4. The first-order chi connectivity index (χ1) is 5.88. The van der Waals surface area contributed by atoms with Crippen molar-refractivity contribution in [2.24, 2.45) is 0 Å². The fourth-order valence-electron chi connectivity index (χ4n) is 1.29. The molecule has 12 heavy (non-hydrogen) atoms. The Balaban J connectivity index is 2.66. The van der Waals surface area contributed by atoms with Gasteiger partial charge in [-0.3, -0.25) is 0 Å². The second-order valence-electron chi connectivity index (χ2n) is 2.85. The first-order valence-electron chi connectivity index (χ1n) is 4.25. The summed E-state index contributed by atoms with van der Waals surface area (Å²) in [6, 6.07) is 10.5. The quantitative estimate of drug-likeness (QED) is 0.650. The van der Waals surface area contributed by atoms with Crippen LogP contribution >= 0.6 is 9.47 Å². The van der Waals surface area contributed by atoms with Gasteiger partial charge in [-0.15, -0.1) is 0 Å². The molecular weight excluding hydrogens is 167 g/mol. The lowest BCUT2D eigenvalue weighted by molar-refractivity contribution is 0.329. The smallest absolute Gasteiger partial charge is 0.0570 e. The molecule has 0 N–H and O–H groups in total. The summed E-state index contributed by atoms with van der Waals surface area (Å²) >= 11 is 0. The SMILES string of the molecule is CCC(COP)c1ccccc1. The molecule has 2 unspecified atom stereocenters. The van der Waals surface area contributed by atoms with Crippen LogP contribution in [0.5, 0.6) is 0 Å². The summed E-state index contributed by atoms with van der Waals surface area (Å²) in [7, 11) is 2.30. The van der Waals surface area contributed by atoms with E-state index < -0.39 is 0 Å². The van der Waals surface area contributed by atoms with Crippen molar-refractivity contribution in [3.8, 4) is 0 Å². The minimum Gasteiger partial charge on any atom is -0.365 e. The van der Waals surface area contributed by atoms with Crippen LogP contribution in [0.2, 0.25) is 0 Å². The van der Waals surface area contributed by atoms with Crippen molar-refractivity contribution in [3.63, 3.8) is 0 Å². The largest absolute Gasteiger partial charge is 0.365 e. The van der Waals surface area contributed by atoms with Crippen LogP contribution in [0.25, 0.3) is 0 Å². The van der Waals surface area contributed by atoms with Gasteiger partial charge >= 0.3 is 0 Å². The Kier molecular flexibility index (Phi) is 4.27. The number of benzene rings is 1. The molecule has 0 aliphatic carbocycles. The van der Waals surface area contributed by atoms with Crippen LogP contribution in [-0.2, 0) is 4.52 Å². The van der Waals surface area contributed by atoms with Crippen molar-refractivity contribution in [2.75, 3.05) is 6.61 Å². The predicted octanol–water partition coefficient (Wildman–Crippen LogP) is 2.99. The van der Waals surface area contributed by atoms with E-state index in [1.54, 1.807) is 0 Å². The molecule has 0 aromatic heterocycles. The van der Waals surface area contributed by atoms with Crippen LogP contribution in [0.3, 0.4) is 0 Å². The first-order valence-corrected chi connectivity index (χ1v) is 4.72. The van der Waals surface area contributed by atoms with Crippen LogP contribution in [0.1, 0.15) is 24.8 Å². The maximum atomic E-state index is 5.07. The Morgan fingerprint density at radius 3 is 2.50 bits per heavy atom. The fraction of sp³-hybridized carbons (Fsp3) is 0.400. The van der Waals surface area contributed by atoms with Crippen molar-refractivity contribution >= 4 is 9.47 Å². The fourth-order valence-corrected chi connectivity index (χ4v) is 1.52. The van der Waals surface area contributed by atoms with Crippen molar-refractivity contribution in [3.05, 3.63) is 35.9 Å². The molecule has 1 aromatic rings. The second kappa shape index (κ2) is 5.29. The van der Waals surface area contributed by atoms with Crippen LogP contribution in [0.4, 0.5) is 0 Å². The summed E-state index contributed by atoms with van der Waals surface area (Å²) in [6.45, 7) is 2.96. The van der Waals surface area contributed by atoms with E-state index in [-0.39, 0.29) is 0 Å². The number of hydrogen-bond donors (Lipinski definition) is 0. The average molecular weight is 182 g/mol. The monoisotopic (exact) mass is 182 g/mol. The zero-order chi connectivity index (χ0) is 8.81. The molecule has 0 radical (unpaired) electrons. The third kappa shape index (κ3) is 2.58. The lowest BCUT2D eigenvalue weighted by Gasteiger charge is -2.13. The molecule has 0 heterocycles. The standard InChI is InChI=1S/C10H15OP/c1-2-9(8-11-12)10-6-4-3-5-7-10/h3-7,9H,2,8,12H2,1H3. The van der Waals surface area contributed by atoms with Gasteiger partial charge in [-0.2, -0.15) is 0 Å². The zero-order valence-corrected chi connectivity index (χ0v) is 8.52. The summed E-state index contributed by atoms with van der Waals surface area (Å²) in [4.78, 5) is 0. The summed E-state index contributed by atoms with van der Waals surface area (Å²) in [5.74, 6) is 0.531. The van der Waals surface area contributed by atoms with Gasteiger partial charge in [0.25, 0.3) is 0 Å². The molecular formula is C10H15OP. The molecule has 0 aliphatic heterocycles. The van der Waals surface area contributed by atoms with Gasteiger partial charge < -0.3 is 4.52 Å². The first kappa shape index (κ1) is 9.70. The molecule has 2 heteroatoms. The molecule has 2 atom stereocenters. The Labute approximate surface area is 76.4 Å². The lowest BCUT2D eigenvalue weighted by atomic mass is 9.98. The van der Waals surface area contributed by atoms with E-state index in [0.717, 1.165) is 13.0 Å². The molecule has 0 spiro atoms. The highest BCUT2D eigenvalue weighted by atomic mass is 31.0. The molecule has 0 aliphatic rings. The van der Waals surface area contributed by atoms with E-state index in [1.165, 1.54) is 5.56 Å². The van der Waals surface area contributed by atoms with Crippen LogP contribution < -0.4 is 0 Å². The van der Waals surface area contributed by atoms with Gasteiger partial charge in [-0.05, 0) is 12.0 Å². The van der Waals surface area contributed by atoms with Crippen molar-refractivity contribution in [1.82, 2.24) is 0 Å². The van der Waals surface area contributed by atoms with Gasteiger partial charge in [0.1, 0.15) is 0 Å². The lowest BCUT2D eigenvalue weighted by Crippen LogP contribution is -2.02. The zero-order valence-electron chi connectivity index (χ0n) is 7.36. The van der Waals surface area contributed by atoms with E-state index >= 15 is 0 Å². The van der Waals surface area contributed by atoms with E-state index in [0.29, 0.717) is 5.92 Å². The molecule has 0 saturated heterocycles. The second-order valence-corrected chi connectivity index (χ2v) is 3.18. The molecule has 1 rings (SSSR count). The topological polar surface area (TPSA) is 9.23 Å².